The maximum atomic E-state index is 12.9. The Morgan fingerprint density at radius 2 is 2.04 bits per heavy atom. The lowest BCUT2D eigenvalue weighted by molar-refractivity contribution is -0.120. The first-order valence-electron chi connectivity index (χ1n) is 9.85. The Hall–Kier alpha value is -2.19. The molecule has 1 aliphatic heterocycles. The summed E-state index contributed by atoms with van der Waals surface area (Å²) in [6.45, 7) is 0.614. The molecular formula is C20H26N4O3S. The number of anilines is 1. The topological polar surface area (TPSA) is 84.3 Å². The summed E-state index contributed by atoms with van der Waals surface area (Å²) in [6.07, 6.45) is 8.68. The SMILES string of the molecule is Cn1cnc(S(=O)(=O)N2CCCC(C(=O)Nc3cccc4c3CCCC4)C2)c1. The molecule has 2 heterocycles. The van der Waals surface area contributed by atoms with Gasteiger partial charge in [-0.2, -0.15) is 4.31 Å². The van der Waals surface area contributed by atoms with Crippen molar-refractivity contribution >= 4 is 21.6 Å². The summed E-state index contributed by atoms with van der Waals surface area (Å²) in [5, 5.41) is 3.11. The van der Waals surface area contributed by atoms with E-state index in [0.29, 0.717) is 19.4 Å². The minimum atomic E-state index is -3.67. The van der Waals surface area contributed by atoms with E-state index in [1.165, 1.54) is 34.4 Å². The molecule has 1 saturated heterocycles. The first-order chi connectivity index (χ1) is 13.4. The van der Waals surface area contributed by atoms with E-state index in [9.17, 15) is 13.2 Å². The minimum Gasteiger partial charge on any atom is -0.339 e. The second-order valence-corrected chi connectivity index (χ2v) is 9.60. The van der Waals surface area contributed by atoms with Crippen molar-refractivity contribution in [1.82, 2.24) is 13.9 Å². The van der Waals surface area contributed by atoms with Gasteiger partial charge >= 0.3 is 0 Å². The molecule has 7 nitrogen and oxygen atoms in total. The molecule has 4 rings (SSSR count). The van der Waals surface area contributed by atoms with Gasteiger partial charge in [0.2, 0.25) is 5.91 Å². The molecule has 0 radical (unpaired) electrons. The number of amides is 1. The van der Waals surface area contributed by atoms with Crippen molar-refractivity contribution in [3.63, 3.8) is 0 Å². The fraction of sp³-hybridized carbons (Fsp3) is 0.500. The molecule has 150 valence electrons. The molecular weight excluding hydrogens is 376 g/mol. The Kier molecular flexibility index (Phi) is 5.25. The quantitative estimate of drug-likeness (QED) is 0.851. The van der Waals surface area contributed by atoms with Crippen LogP contribution < -0.4 is 5.32 Å². The number of aromatic nitrogens is 2. The van der Waals surface area contributed by atoms with Gasteiger partial charge in [-0.15, -0.1) is 0 Å². The summed E-state index contributed by atoms with van der Waals surface area (Å²) >= 11 is 0. The highest BCUT2D eigenvalue weighted by Crippen LogP contribution is 2.29. The maximum Gasteiger partial charge on any atom is 0.262 e. The van der Waals surface area contributed by atoms with E-state index >= 15 is 0 Å². The van der Waals surface area contributed by atoms with Gasteiger partial charge in [0.1, 0.15) is 0 Å². The lowest BCUT2D eigenvalue weighted by Crippen LogP contribution is -2.43. The Labute approximate surface area is 165 Å². The van der Waals surface area contributed by atoms with Crippen LogP contribution in [0.2, 0.25) is 0 Å². The van der Waals surface area contributed by atoms with Crippen LogP contribution in [0.5, 0.6) is 0 Å². The van der Waals surface area contributed by atoms with Crippen molar-refractivity contribution in [2.75, 3.05) is 18.4 Å². The van der Waals surface area contributed by atoms with Crippen molar-refractivity contribution in [1.29, 1.82) is 0 Å². The second-order valence-electron chi connectivity index (χ2n) is 7.72. The predicted molar refractivity (Wildman–Crippen MR) is 106 cm³/mol. The molecule has 1 aromatic carbocycles. The average molecular weight is 403 g/mol. The molecule has 8 heteroatoms. The Bertz CT molecular complexity index is 983. The number of piperidine rings is 1. The molecule has 1 atom stereocenters. The fourth-order valence-corrected chi connectivity index (χ4v) is 5.65. The van der Waals surface area contributed by atoms with Crippen LogP contribution in [0.1, 0.15) is 36.8 Å². The number of nitrogens with zero attached hydrogens (tertiary/aromatic N) is 3. The minimum absolute atomic E-state index is 0.0354. The van der Waals surface area contributed by atoms with E-state index in [-0.39, 0.29) is 23.4 Å². The lowest BCUT2D eigenvalue weighted by Gasteiger charge is -2.31. The van der Waals surface area contributed by atoms with Gasteiger partial charge in [0.05, 0.1) is 12.2 Å². The molecule has 1 fully saturated rings. The summed E-state index contributed by atoms with van der Waals surface area (Å²) in [6, 6.07) is 6.07. The zero-order chi connectivity index (χ0) is 19.7. The summed E-state index contributed by atoms with van der Waals surface area (Å²) in [5.74, 6) is -0.452. The summed E-state index contributed by atoms with van der Waals surface area (Å²) in [5.41, 5.74) is 3.43. The predicted octanol–water partition coefficient (Wildman–Crippen LogP) is 2.34. The lowest BCUT2D eigenvalue weighted by atomic mass is 9.90. The highest BCUT2D eigenvalue weighted by molar-refractivity contribution is 7.89. The second kappa shape index (κ2) is 7.67. The van der Waals surface area contributed by atoms with Crippen LogP contribution in [0, 0.1) is 5.92 Å². The van der Waals surface area contributed by atoms with Crippen molar-refractivity contribution in [2.24, 2.45) is 13.0 Å². The van der Waals surface area contributed by atoms with Crippen LogP contribution >= 0.6 is 0 Å². The van der Waals surface area contributed by atoms with Gasteiger partial charge in [0, 0.05) is 32.0 Å². The van der Waals surface area contributed by atoms with E-state index < -0.39 is 10.0 Å². The van der Waals surface area contributed by atoms with Gasteiger partial charge in [-0.05, 0) is 55.7 Å². The summed E-state index contributed by atoms with van der Waals surface area (Å²) < 4.78 is 28.7. The third-order valence-electron chi connectivity index (χ3n) is 5.69. The Morgan fingerprint density at radius 3 is 2.82 bits per heavy atom. The first kappa shape index (κ1) is 19.1. The van der Waals surface area contributed by atoms with Crippen LogP contribution in [0.4, 0.5) is 5.69 Å². The van der Waals surface area contributed by atoms with E-state index in [0.717, 1.165) is 24.9 Å². The third-order valence-corrected chi connectivity index (χ3v) is 7.44. The summed E-state index contributed by atoms with van der Waals surface area (Å²) in [7, 11) is -1.94. The third kappa shape index (κ3) is 3.71. The molecule has 0 saturated carbocycles. The summed E-state index contributed by atoms with van der Waals surface area (Å²) in [4.78, 5) is 16.9. The zero-order valence-electron chi connectivity index (χ0n) is 16.1. The Morgan fingerprint density at radius 1 is 1.21 bits per heavy atom. The van der Waals surface area contributed by atoms with E-state index in [1.807, 2.05) is 12.1 Å². The number of benzene rings is 1. The molecule has 1 unspecified atom stereocenters. The molecule has 1 amide bonds. The molecule has 2 aromatic rings. The molecule has 1 aromatic heterocycles. The monoisotopic (exact) mass is 402 g/mol. The number of nitrogens with one attached hydrogen (secondary N) is 1. The molecule has 1 N–H and O–H groups in total. The number of carbonyl (C=O) groups excluding carboxylic acids is 1. The first-order valence-corrected chi connectivity index (χ1v) is 11.3. The van der Waals surface area contributed by atoms with Crippen LogP contribution in [-0.2, 0) is 34.7 Å². The van der Waals surface area contributed by atoms with Crippen LogP contribution in [-0.4, -0.2) is 41.3 Å². The highest BCUT2D eigenvalue weighted by Gasteiger charge is 2.34. The number of fused-ring (bicyclic) bond motifs is 1. The van der Waals surface area contributed by atoms with Crippen molar-refractivity contribution in [3.8, 4) is 0 Å². The number of sulfonamides is 1. The van der Waals surface area contributed by atoms with Gasteiger partial charge in [-0.3, -0.25) is 4.79 Å². The van der Waals surface area contributed by atoms with Gasteiger partial charge in [0.25, 0.3) is 10.0 Å². The van der Waals surface area contributed by atoms with Gasteiger partial charge < -0.3 is 9.88 Å². The Balaban J connectivity index is 1.48. The number of rotatable bonds is 4. The number of aryl methyl sites for hydroxylation is 2. The van der Waals surface area contributed by atoms with E-state index in [2.05, 4.69) is 16.4 Å². The molecule has 0 spiro atoms. The normalized spacial score (nSPS) is 20.5. The standard InChI is InChI=1S/C20H26N4O3S/c1-23-13-19(21-14-23)28(26,27)24-11-5-8-16(12-24)20(25)22-18-10-4-7-15-6-2-3-9-17(15)18/h4,7,10,13-14,16H,2-3,5-6,8-9,11-12H2,1H3,(H,22,25). The molecule has 2 aliphatic rings. The van der Waals surface area contributed by atoms with Gasteiger partial charge in [0.15, 0.2) is 5.03 Å². The average Bonchev–Trinajstić information content (AvgIpc) is 3.15. The largest absolute Gasteiger partial charge is 0.339 e. The van der Waals surface area contributed by atoms with Gasteiger partial charge in [-0.25, -0.2) is 13.4 Å². The van der Waals surface area contributed by atoms with Crippen molar-refractivity contribution in [3.05, 3.63) is 41.9 Å². The number of hydrogen-bond acceptors (Lipinski definition) is 4. The molecule has 1 aliphatic carbocycles. The zero-order valence-corrected chi connectivity index (χ0v) is 16.9. The van der Waals surface area contributed by atoms with Crippen LogP contribution in [0.25, 0.3) is 0 Å². The number of imidazole rings is 1. The van der Waals surface area contributed by atoms with Gasteiger partial charge in [-0.1, -0.05) is 12.1 Å². The van der Waals surface area contributed by atoms with Crippen molar-refractivity contribution in [2.45, 2.75) is 43.6 Å². The highest BCUT2D eigenvalue weighted by atomic mass is 32.2. The fourth-order valence-electron chi connectivity index (χ4n) is 4.16. The van der Waals surface area contributed by atoms with E-state index in [1.54, 1.807) is 11.6 Å². The number of carbonyl (C=O) groups is 1. The molecule has 28 heavy (non-hydrogen) atoms. The van der Waals surface area contributed by atoms with E-state index in [4.69, 9.17) is 0 Å². The maximum absolute atomic E-state index is 12.9. The van der Waals surface area contributed by atoms with Crippen LogP contribution in [0.15, 0.2) is 35.7 Å². The number of hydrogen-bond donors (Lipinski definition) is 1. The smallest absolute Gasteiger partial charge is 0.262 e. The van der Waals surface area contributed by atoms with Crippen LogP contribution in [0.3, 0.4) is 0 Å². The van der Waals surface area contributed by atoms with Crippen molar-refractivity contribution < 1.29 is 13.2 Å². The molecule has 0 bridgehead atoms.